The van der Waals surface area contributed by atoms with E-state index in [0.717, 1.165) is 10.9 Å². The number of H-pyrrole nitrogens is 1. The zero-order valence-corrected chi connectivity index (χ0v) is 19.3. The molecule has 0 aliphatic carbocycles. The van der Waals surface area contributed by atoms with Crippen LogP contribution in [-0.2, 0) is 30.4 Å². The molecule has 12 nitrogen and oxygen atoms in total. The number of nitrogens with two attached hydrogens (primary N) is 2. The summed E-state index contributed by atoms with van der Waals surface area (Å²) < 4.78 is 0. The van der Waals surface area contributed by atoms with Crippen molar-refractivity contribution in [2.75, 3.05) is 5.75 Å². The number of carbonyl (C=O) groups excluding carboxylic acids is 4. The molecule has 13 heteroatoms. The Bertz CT molecular complexity index is 1070. The van der Waals surface area contributed by atoms with E-state index in [1.807, 2.05) is 24.3 Å². The highest BCUT2D eigenvalue weighted by molar-refractivity contribution is 7.80. The number of hydrogen-bond donors (Lipinski definition) is 8. The summed E-state index contributed by atoms with van der Waals surface area (Å²) >= 11 is 3.90. The first-order valence-corrected chi connectivity index (χ1v) is 11.0. The number of para-hydroxylation sites is 1. The number of nitrogens with one attached hydrogen (secondary N) is 4. The van der Waals surface area contributed by atoms with Crippen molar-refractivity contribution in [2.45, 2.75) is 43.9 Å². The van der Waals surface area contributed by atoms with Crippen molar-refractivity contribution < 1.29 is 29.1 Å². The molecule has 0 spiro atoms. The van der Waals surface area contributed by atoms with Crippen molar-refractivity contribution >= 4 is 53.1 Å². The summed E-state index contributed by atoms with van der Waals surface area (Å²) in [7, 11) is 0. The van der Waals surface area contributed by atoms with Crippen molar-refractivity contribution in [3.8, 4) is 0 Å². The fourth-order valence-corrected chi connectivity index (χ4v) is 3.33. The third-order valence-corrected chi connectivity index (χ3v) is 5.43. The molecular formula is C21H28N6O6S. The van der Waals surface area contributed by atoms with E-state index in [2.05, 4.69) is 33.6 Å². The summed E-state index contributed by atoms with van der Waals surface area (Å²) in [6.07, 6.45) is 1.15. The second-order valence-corrected chi connectivity index (χ2v) is 8.08. The van der Waals surface area contributed by atoms with Crippen molar-refractivity contribution in [1.82, 2.24) is 20.9 Å². The lowest BCUT2D eigenvalue weighted by Gasteiger charge is -2.22. The van der Waals surface area contributed by atoms with E-state index < -0.39 is 60.2 Å². The van der Waals surface area contributed by atoms with Crippen LogP contribution in [0.3, 0.4) is 0 Å². The SMILES string of the molecule is CC(NC(=O)C(CC(N)=O)NC(=O)C(N)CS)C(=O)NC(Cc1c[nH]c2ccccc12)C(=O)O. The average molecular weight is 493 g/mol. The number of hydrogen-bond acceptors (Lipinski definition) is 7. The maximum Gasteiger partial charge on any atom is 0.326 e. The smallest absolute Gasteiger partial charge is 0.326 e. The van der Waals surface area contributed by atoms with Crippen molar-refractivity contribution in [1.29, 1.82) is 0 Å². The molecule has 184 valence electrons. The quantitative estimate of drug-likeness (QED) is 0.163. The summed E-state index contributed by atoms with van der Waals surface area (Å²) in [5.74, 6) is -4.46. The summed E-state index contributed by atoms with van der Waals surface area (Å²) in [4.78, 5) is 63.3. The Hall–Kier alpha value is -3.58. The highest BCUT2D eigenvalue weighted by Gasteiger charge is 2.29. The van der Waals surface area contributed by atoms with Gasteiger partial charge in [-0.3, -0.25) is 19.2 Å². The van der Waals surface area contributed by atoms with Crippen molar-refractivity contribution in [3.63, 3.8) is 0 Å². The number of amides is 4. The molecular weight excluding hydrogens is 464 g/mol. The zero-order valence-electron chi connectivity index (χ0n) is 18.4. The molecule has 1 heterocycles. The Morgan fingerprint density at radius 3 is 2.29 bits per heavy atom. The van der Waals surface area contributed by atoms with Crippen LogP contribution in [0.5, 0.6) is 0 Å². The van der Waals surface area contributed by atoms with E-state index >= 15 is 0 Å². The number of aromatic nitrogens is 1. The van der Waals surface area contributed by atoms with E-state index in [-0.39, 0.29) is 12.2 Å². The van der Waals surface area contributed by atoms with Gasteiger partial charge in [0.2, 0.25) is 23.6 Å². The number of primary amides is 1. The van der Waals surface area contributed by atoms with Crippen molar-refractivity contribution in [2.24, 2.45) is 11.5 Å². The van der Waals surface area contributed by atoms with Crippen LogP contribution in [0.25, 0.3) is 10.9 Å². The Morgan fingerprint density at radius 1 is 1.03 bits per heavy atom. The molecule has 4 amide bonds. The number of rotatable bonds is 12. The summed E-state index contributed by atoms with van der Waals surface area (Å²) in [6, 6.07) is 2.50. The normalized spacial score (nSPS) is 14.4. The highest BCUT2D eigenvalue weighted by atomic mass is 32.1. The Balaban J connectivity index is 2.04. The molecule has 0 bridgehead atoms. The number of aromatic amines is 1. The molecule has 34 heavy (non-hydrogen) atoms. The largest absolute Gasteiger partial charge is 0.480 e. The molecule has 2 rings (SSSR count). The molecule has 0 aliphatic rings. The fourth-order valence-electron chi connectivity index (χ4n) is 3.17. The molecule has 1 aromatic heterocycles. The molecule has 0 radical (unpaired) electrons. The van der Waals surface area contributed by atoms with Crippen LogP contribution in [0.2, 0.25) is 0 Å². The molecule has 0 aliphatic heterocycles. The average Bonchev–Trinajstić information content (AvgIpc) is 3.19. The van der Waals surface area contributed by atoms with Gasteiger partial charge in [0.05, 0.1) is 12.5 Å². The van der Waals surface area contributed by atoms with E-state index in [1.165, 1.54) is 6.92 Å². The van der Waals surface area contributed by atoms with E-state index in [9.17, 15) is 29.1 Å². The van der Waals surface area contributed by atoms with Gasteiger partial charge in [-0.1, -0.05) is 18.2 Å². The van der Waals surface area contributed by atoms with Gasteiger partial charge in [-0.15, -0.1) is 0 Å². The van der Waals surface area contributed by atoms with Gasteiger partial charge in [-0.25, -0.2) is 4.79 Å². The standard InChI is InChI=1S/C21H28N6O6S/c1-10(25-20(31)15(7-17(23)28)26-19(30)13(22)9-34)18(29)27-16(21(32)33)6-11-8-24-14-5-3-2-4-12(11)14/h2-5,8,10,13,15-16,24,34H,6-7,9,22H2,1H3,(H2,23,28)(H,25,31)(H,26,30)(H,27,29)(H,32,33). The number of carboxylic acid groups (broad SMARTS) is 1. The first kappa shape index (κ1) is 26.7. The maximum atomic E-state index is 12.6. The van der Waals surface area contributed by atoms with Gasteiger partial charge in [0.1, 0.15) is 18.1 Å². The Kier molecular flexibility index (Phi) is 9.45. The number of benzene rings is 1. The van der Waals surface area contributed by atoms with Gasteiger partial charge >= 0.3 is 5.97 Å². The minimum absolute atomic E-state index is 0.00254. The number of fused-ring (bicyclic) bond motifs is 1. The lowest BCUT2D eigenvalue weighted by atomic mass is 10.0. The van der Waals surface area contributed by atoms with Crippen LogP contribution >= 0.6 is 12.6 Å². The summed E-state index contributed by atoms with van der Waals surface area (Å²) in [5.41, 5.74) is 12.2. The number of thiol groups is 1. The second kappa shape index (κ2) is 12.0. The zero-order chi connectivity index (χ0) is 25.4. The molecule has 0 fully saturated rings. The molecule has 0 saturated heterocycles. The predicted octanol–water partition coefficient (Wildman–Crippen LogP) is -1.60. The third-order valence-electron chi connectivity index (χ3n) is 5.04. The van der Waals surface area contributed by atoms with E-state index in [0.29, 0.717) is 5.56 Å². The fraction of sp³-hybridized carbons (Fsp3) is 0.381. The van der Waals surface area contributed by atoms with E-state index in [1.54, 1.807) is 6.20 Å². The first-order valence-electron chi connectivity index (χ1n) is 10.4. The Morgan fingerprint density at radius 2 is 1.68 bits per heavy atom. The van der Waals surface area contributed by atoms with Crippen LogP contribution in [0.1, 0.15) is 18.9 Å². The van der Waals surface area contributed by atoms with Gasteiger partial charge in [-0.05, 0) is 18.6 Å². The topological polar surface area (TPSA) is 209 Å². The van der Waals surface area contributed by atoms with Gasteiger partial charge in [0, 0.05) is 29.3 Å². The molecule has 2 aromatic rings. The minimum Gasteiger partial charge on any atom is -0.480 e. The number of carbonyl (C=O) groups is 5. The minimum atomic E-state index is -1.37. The van der Waals surface area contributed by atoms with Crippen LogP contribution in [-0.4, -0.2) is 69.6 Å². The van der Waals surface area contributed by atoms with Gasteiger partial charge in [0.15, 0.2) is 0 Å². The van der Waals surface area contributed by atoms with Crippen molar-refractivity contribution in [3.05, 3.63) is 36.0 Å². The lowest BCUT2D eigenvalue weighted by molar-refractivity contribution is -0.142. The summed E-state index contributed by atoms with van der Waals surface area (Å²) in [6.45, 7) is 1.33. The van der Waals surface area contributed by atoms with Gasteiger partial charge in [0.25, 0.3) is 0 Å². The maximum absolute atomic E-state index is 12.6. The van der Waals surface area contributed by atoms with Gasteiger partial charge in [-0.2, -0.15) is 12.6 Å². The van der Waals surface area contributed by atoms with Crippen LogP contribution in [0.15, 0.2) is 30.5 Å². The molecule has 0 saturated carbocycles. The number of aliphatic carboxylic acids is 1. The van der Waals surface area contributed by atoms with Gasteiger partial charge < -0.3 is 37.5 Å². The first-order chi connectivity index (χ1) is 16.0. The molecule has 1 aromatic carbocycles. The molecule has 4 atom stereocenters. The van der Waals surface area contributed by atoms with Crippen LogP contribution < -0.4 is 27.4 Å². The van der Waals surface area contributed by atoms with Crippen LogP contribution in [0.4, 0.5) is 0 Å². The lowest BCUT2D eigenvalue weighted by Crippen LogP contribution is -2.57. The highest BCUT2D eigenvalue weighted by Crippen LogP contribution is 2.19. The monoisotopic (exact) mass is 492 g/mol. The second-order valence-electron chi connectivity index (χ2n) is 7.71. The van der Waals surface area contributed by atoms with Crippen LogP contribution in [0, 0.1) is 0 Å². The Labute approximate surface area is 200 Å². The van der Waals surface area contributed by atoms with E-state index in [4.69, 9.17) is 11.5 Å². The predicted molar refractivity (Wildman–Crippen MR) is 127 cm³/mol. The third kappa shape index (κ3) is 7.22. The summed E-state index contributed by atoms with van der Waals surface area (Å²) in [5, 5.41) is 17.5. The molecule has 9 N–H and O–H groups in total. The molecule has 4 unspecified atom stereocenters. The number of carboxylic acids is 1.